The zero-order valence-electron chi connectivity index (χ0n) is 9.98. The molecule has 0 saturated carbocycles. The molecule has 0 bridgehead atoms. The summed E-state index contributed by atoms with van der Waals surface area (Å²) in [5.74, 6) is 1.47. The highest BCUT2D eigenvalue weighted by Gasteiger charge is 2.32. The second kappa shape index (κ2) is 5.02. The average Bonchev–Trinajstić information content (AvgIpc) is 2.83. The minimum absolute atomic E-state index is 0.274. The smallest absolute Gasteiger partial charge is 0.151 e. The van der Waals surface area contributed by atoms with Crippen molar-refractivity contribution < 1.29 is 8.42 Å². The van der Waals surface area contributed by atoms with Gasteiger partial charge in [0.05, 0.1) is 11.5 Å². The summed E-state index contributed by atoms with van der Waals surface area (Å²) in [6.45, 7) is 6.37. The van der Waals surface area contributed by atoms with E-state index < -0.39 is 9.84 Å². The first-order chi connectivity index (χ1) is 7.61. The van der Waals surface area contributed by atoms with Gasteiger partial charge in [-0.05, 0) is 38.4 Å². The third-order valence-electron chi connectivity index (χ3n) is 3.79. The summed E-state index contributed by atoms with van der Waals surface area (Å²) in [6, 6.07) is 0.274. The van der Waals surface area contributed by atoms with Crippen molar-refractivity contribution in [1.82, 2.24) is 10.2 Å². The highest BCUT2D eigenvalue weighted by atomic mass is 32.2. The summed E-state index contributed by atoms with van der Waals surface area (Å²) >= 11 is 0. The van der Waals surface area contributed by atoms with E-state index >= 15 is 0 Å². The molecule has 2 rings (SSSR count). The highest BCUT2D eigenvalue weighted by molar-refractivity contribution is 7.91. The zero-order valence-corrected chi connectivity index (χ0v) is 10.8. The van der Waals surface area contributed by atoms with Gasteiger partial charge in [0, 0.05) is 12.6 Å². The van der Waals surface area contributed by atoms with Crippen LogP contribution in [0.25, 0.3) is 0 Å². The van der Waals surface area contributed by atoms with Crippen LogP contribution < -0.4 is 5.32 Å². The molecule has 2 aliphatic heterocycles. The molecule has 2 saturated heterocycles. The summed E-state index contributed by atoms with van der Waals surface area (Å²) < 4.78 is 22.9. The predicted molar refractivity (Wildman–Crippen MR) is 65.3 cm³/mol. The van der Waals surface area contributed by atoms with Crippen LogP contribution in [0.3, 0.4) is 0 Å². The molecule has 0 aromatic rings. The van der Waals surface area contributed by atoms with Crippen molar-refractivity contribution in [3.63, 3.8) is 0 Å². The number of sulfone groups is 1. The molecular formula is C11H22N2O2S. The Morgan fingerprint density at radius 1 is 1.38 bits per heavy atom. The molecule has 16 heavy (non-hydrogen) atoms. The number of nitrogens with zero attached hydrogens (tertiary/aromatic N) is 1. The fourth-order valence-corrected chi connectivity index (χ4v) is 4.56. The molecule has 0 aromatic heterocycles. The molecule has 0 radical (unpaired) electrons. The van der Waals surface area contributed by atoms with E-state index in [-0.39, 0.29) is 6.04 Å². The first kappa shape index (κ1) is 12.3. The maximum Gasteiger partial charge on any atom is 0.151 e. The topological polar surface area (TPSA) is 49.4 Å². The van der Waals surface area contributed by atoms with E-state index in [0.29, 0.717) is 17.4 Å². The van der Waals surface area contributed by atoms with Crippen LogP contribution in [-0.2, 0) is 9.84 Å². The molecule has 94 valence electrons. The molecule has 2 fully saturated rings. The van der Waals surface area contributed by atoms with Crippen molar-refractivity contribution in [2.45, 2.75) is 25.8 Å². The van der Waals surface area contributed by atoms with Crippen LogP contribution in [0.1, 0.15) is 19.8 Å². The van der Waals surface area contributed by atoms with Gasteiger partial charge in [-0.25, -0.2) is 8.42 Å². The van der Waals surface area contributed by atoms with E-state index in [1.165, 1.54) is 6.42 Å². The summed E-state index contributed by atoms with van der Waals surface area (Å²) in [6.07, 6.45) is 2.06. The normalized spacial score (nSPS) is 33.6. The van der Waals surface area contributed by atoms with Gasteiger partial charge in [0.15, 0.2) is 9.84 Å². The molecule has 2 heterocycles. The third-order valence-corrected chi connectivity index (χ3v) is 5.54. The molecule has 4 nitrogen and oxygen atoms in total. The lowest BCUT2D eigenvalue weighted by molar-refractivity contribution is 0.194. The summed E-state index contributed by atoms with van der Waals surface area (Å²) in [5, 5.41) is 3.36. The highest BCUT2D eigenvalue weighted by Crippen LogP contribution is 2.20. The van der Waals surface area contributed by atoms with Crippen LogP contribution >= 0.6 is 0 Å². The Morgan fingerprint density at radius 3 is 2.69 bits per heavy atom. The first-order valence-electron chi connectivity index (χ1n) is 6.26. The van der Waals surface area contributed by atoms with Crippen LogP contribution in [-0.4, -0.2) is 57.0 Å². The van der Waals surface area contributed by atoms with E-state index in [9.17, 15) is 8.42 Å². The Bertz CT molecular complexity index is 323. The lowest BCUT2D eigenvalue weighted by Crippen LogP contribution is -2.39. The van der Waals surface area contributed by atoms with Crippen molar-refractivity contribution in [2.24, 2.45) is 5.92 Å². The summed E-state index contributed by atoms with van der Waals surface area (Å²) in [5.41, 5.74) is 0. The lowest BCUT2D eigenvalue weighted by atomic mass is 10.1. The molecule has 5 heteroatoms. The van der Waals surface area contributed by atoms with Gasteiger partial charge < -0.3 is 5.32 Å². The Kier molecular flexibility index (Phi) is 3.87. The van der Waals surface area contributed by atoms with Crippen LogP contribution in [0.5, 0.6) is 0 Å². The first-order valence-corrected chi connectivity index (χ1v) is 8.08. The van der Waals surface area contributed by atoms with E-state index in [2.05, 4.69) is 17.1 Å². The molecule has 0 spiro atoms. The van der Waals surface area contributed by atoms with Gasteiger partial charge in [-0.15, -0.1) is 0 Å². The maximum atomic E-state index is 11.5. The molecular weight excluding hydrogens is 224 g/mol. The SMILES string of the molecule is CCN(CC1CCNC1)C1CCS(=O)(=O)C1. The minimum Gasteiger partial charge on any atom is -0.316 e. The Morgan fingerprint density at radius 2 is 2.19 bits per heavy atom. The standard InChI is InChI=1S/C11H22N2O2S/c1-2-13(8-10-3-5-12-7-10)11-4-6-16(14,15)9-11/h10-12H,2-9H2,1H3. The predicted octanol–water partition coefficient (Wildman–Crippen LogP) is 0.105. The van der Waals surface area contributed by atoms with Crippen molar-refractivity contribution in [3.05, 3.63) is 0 Å². The monoisotopic (exact) mass is 246 g/mol. The number of hydrogen-bond acceptors (Lipinski definition) is 4. The third kappa shape index (κ3) is 2.96. The number of hydrogen-bond donors (Lipinski definition) is 1. The molecule has 2 atom stereocenters. The van der Waals surface area contributed by atoms with Gasteiger partial charge in [0.1, 0.15) is 0 Å². The summed E-state index contributed by atoms with van der Waals surface area (Å²) in [7, 11) is -2.74. The average molecular weight is 246 g/mol. The second-order valence-electron chi connectivity index (χ2n) is 5.00. The van der Waals surface area contributed by atoms with Crippen LogP contribution in [0.2, 0.25) is 0 Å². The van der Waals surface area contributed by atoms with E-state index in [1.807, 2.05) is 0 Å². The minimum atomic E-state index is -2.74. The molecule has 1 N–H and O–H groups in total. The Balaban J connectivity index is 1.89. The lowest BCUT2D eigenvalue weighted by Gasteiger charge is -2.28. The molecule has 0 amide bonds. The van der Waals surface area contributed by atoms with Gasteiger partial charge >= 0.3 is 0 Å². The fourth-order valence-electron chi connectivity index (χ4n) is 2.80. The van der Waals surface area contributed by atoms with Gasteiger partial charge in [0.25, 0.3) is 0 Å². The molecule has 0 aromatic carbocycles. The van der Waals surface area contributed by atoms with E-state index in [4.69, 9.17) is 0 Å². The van der Waals surface area contributed by atoms with Crippen molar-refractivity contribution >= 4 is 9.84 Å². The second-order valence-corrected chi connectivity index (χ2v) is 7.23. The van der Waals surface area contributed by atoms with E-state index in [0.717, 1.165) is 32.6 Å². The largest absolute Gasteiger partial charge is 0.316 e. The van der Waals surface area contributed by atoms with Gasteiger partial charge in [-0.2, -0.15) is 0 Å². The van der Waals surface area contributed by atoms with Crippen molar-refractivity contribution in [2.75, 3.05) is 37.7 Å². The number of nitrogens with one attached hydrogen (secondary N) is 1. The maximum absolute atomic E-state index is 11.5. The molecule has 0 aliphatic carbocycles. The van der Waals surface area contributed by atoms with Gasteiger partial charge in [-0.1, -0.05) is 6.92 Å². The van der Waals surface area contributed by atoms with Crippen LogP contribution in [0.15, 0.2) is 0 Å². The molecule has 2 unspecified atom stereocenters. The van der Waals surface area contributed by atoms with Crippen molar-refractivity contribution in [1.29, 1.82) is 0 Å². The number of rotatable bonds is 4. The summed E-state index contributed by atoms with van der Waals surface area (Å²) in [4.78, 5) is 2.36. The zero-order chi connectivity index (χ0) is 11.6. The quantitative estimate of drug-likeness (QED) is 0.764. The van der Waals surface area contributed by atoms with E-state index in [1.54, 1.807) is 0 Å². The Hall–Kier alpha value is -0.130. The van der Waals surface area contributed by atoms with Crippen molar-refractivity contribution in [3.8, 4) is 0 Å². The Labute approximate surface area is 98.3 Å². The van der Waals surface area contributed by atoms with Gasteiger partial charge in [0.2, 0.25) is 0 Å². The van der Waals surface area contributed by atoms with Crippen LogP contribution in [0.4, 0.5) is 0 Å². The van der Waals surface area contributed by atoms with Crippen LogP contribution in [0, 0.1) is 5.92 Å². The molecule has 2 aliphatic rings. The fraction of sp³-hybridized carbons (Fsp3) is 1.00. The van der Waals surface area contributed by atoms with Gasteiger partial charge in [-0.3, -0.25) is 4.90 Å².